The maximum atomic E-state index is 13.2. The molecule has 0 bridgehead atoms. The summed E-state index contributed by atoms with van der Waals surface area (Å²) in [7, 11) is 6.15. The maximum absolute atomic E-state index is 13.2. The summed E-state index contributed by atoms with van der Waals surface area (Å²) < 4.78 is 1.92. The van der Waals surface area contributed by atoms with Gasteiger partial charge in [0, 0.05) is 56.4 Å². The molecule has 1 saturated heterocycles. The van der Waals surface area contributed by atoms with E-state index in [2.05, 4.69) is 33.9 Å². The minimum Gasteiger partial charge on any atom is -0.355 e. The van der Waals surface area contributed by atoms with Crippen LogP contribution in [0.15, 0.2) is 12.4 Å². The van der Waals surface area contributed by atoms with Crippen molar-refractivity contribution in [3.63, 3.8) is 0 Å². The number of hydrogen-bond acceptors (Lipinski definition) is 6. The topological polar surface area (TPSA) is 70.4 Å². The summed E-state index contributed by atoms with van der Waals surface area (Å²) in [5.74, 6) is 1.83. The molecular formula is C20H31N7O. The van der Waals surface area contributed by atoms with Crippen LogP contribution in [0.4, 0.5) is 5.82 Å². The normalized spacial score (nSPS) is 16.8. The number of amides is 1. The van der Waals surface area contributed by atoms with E-state index < -0.39 is 0 Å². The smallest absolute Gasteiger partial charge is 0.292 e. The Balaban J connectivity index is 1.86. The van der Waals surface area contributed by atoms with E-state index in [4.69, 9.17) is 4.98 Å². The van der Waals surface area contributed by atoms with Crippen molar-refractivity contribution in [2.75, 3.05) is 38.6 Å². The highest BCUT2D eigenvalue weighted by molar-refractivity contribution is 5.91. The number of imidazole rings is 1. The second kappa shape index (κ2) is 8.26. The molecule has 0 spiro atoms. The first-order chi connectivity index (χ1) is 13.3. The third-order valence-corrected chi connectivity index (χ3v) is 5.67. The number of aromatic nitrogens is 4. The Morgan fingerprint density at radius 1 is 1.29 bits per heavy atom. The molecule has 1 aliphatic heterocycles. The van der Waals surface area contributed by atoms with E-state index in [9.17, 15) is 4.79 Å². The predicted molar refractivity (Wildman–Crippen MR) is 109 cm³/mol. The molecule has 8 nitrogen and oxygen atoms in total. The lowest BCUT2D eigenvalue weighted by Crippen LogP contribution is -2.34. The van der Waals surface area contributed by atoms with Crippen LogP contribution in [0.2, 0.25) is 0 Å². The number of anilines is 1. The second-order valence-corrected chi connectivity index (χ2v) is 7.71. The van der Waals surface area contributed by atoms with Gasteiger partial charge in [-0.1, -0.05) is 0 Å². The Bertz CT molecular complexity index is 845. The molecule has 3 rings (SSSR count). The fraction of sp³-hybridized carbons (Fsp3) is 0.600. The first-order valence-electron chi connectivity index (χ1n) is 9.83. The standard InChI is InChI=1S/C20H31N7O/c1-7-26(13-17-21-9-11-25(17)6)20(28)18-22-15(3)14(2)19(23-18)27-10-8-16(12-27)24(4)5/h9,11,16H,7-8,10,12-13H2,1-6H3/t16-/m1/s1. The van der Waals surface area contributed by atoms with Crippen molar-refractivity contribution in [1.29, 1.82) is 0 Å². The van der Waals surface area contributed by atoms with E-state index >= 15 is 0 Å². The zero-order valence-electron chi connectivity index (χ0n) is 17.8. The van der Waals surface area contributed by atoms with Gasteiger partial charge in [-0.2, -0.15) is 0 Å². The molecule has 3 heterocycles. The molecule has 0 N–H and O–H groups in total. The minimum atomic E-state index is -0.154. The Labute approximate surface area is 167 Å². The fourth-order valence-electron chi connectivity index (χ4n) is 3.56. The van der Waals surface area contributed by atoms with Crippen LogP contribution in [0, 0.1) is 13.8 Å². The average molecular weight is 386 g/mol. The third-order valence-electron chi connectivity index (χ3n) is 5.67. The van der Waals surface area contributed by atoms with Crippen molar-refractivity contribution in [2.24, 2.45) is 7.05 Å². The molecule has 1 aliphatic rings. The Kier molecular flexibility index (Phi) is 5.98. The molecule has 0 aliphatic carbocycles. The van der Waals surface area contributed by atoms with E-state index in [1.165, 1.54) is 0 Å². The monoisotopic (exact) mass is 385 g/mol. The van der Waals surface area contributed by atoms with Gasteiger partial charge < -0.3 is 19.3 Å². The number of hydrogen-bond donors (Lipinski definition) is 0. The van der Waals surface area contributed by atoms with Crippen LogP contribution in [0.1, 0.15) is 41.0 Å². The second-order valence-electron chi connectivity index (χ2n) is 7.71. The van der Waals surface area contributed by atoms with Crippen LogP contribution in [0.3, 0.4) is 0 Å². The zero-order chi connectivity index (χ0) is 20.4. The van der Waals surface area contributed by atoms with Gasteiger partial charge in [0.25, 0.3) is 5.91 Å². The van der Waals surface area contributed by atoms with Gasteiger partial charge in [0.05, 0.1) is 6.54 Å². The number of carbonyl (C=O) groups excluding carboxylic acids is 1. The van der Waals surface area contributed by atoms with Gasteiger partial charge in [-0.25, -0.2) is 15.0 Å². The predicted octanol–water partition coefficient (Wildman–Crippen LogP) is 1.63. The molecule has 152 valence electrons. The van der Waals surface area contributed by atoms with Crippen molar-refractivity contribution in [3.8, 4) is 0 Å². The summed E-state index contributed by atoms with van der Waals surface area (Å²) in [6.07, 6.45) is 4.72. The average Bonchev–Trinajstić information content (AvgIpc) is 3.30. The molecule has 8 heteroatoms. The molecule has 0 radical (unpaired) electrons. The van der Waals surface area contributed by atoms with Crippen molar-refractivity contribution in [3.05, 3.63) is 35.3 Å². The lowest BCUT2D eigenvalue weighted by atomic mass is 10.2. The largest absolute Gasteiger partial charge is 0.355 e. The Morgan fingerprint density at radius 2 is 2.04 bits per heavy atom. The van der Waals surface area contributed by atoms with Gasteiger partial charge in [-0.3, -0.25) is 4.79 Å². The molecule has 1 atom stereocenters. The van der Waals surface area contributed by atoms with Gasteiger partial charge >= 0.3 is 0 Å². The maximum Gasteiger partial charge on any atom is 0.292 e. The first kappa shape index (κ1) is 20.3. The summed E-state index contributed by atoms with van der Waals surface area (Å²) in [6, 6.07) is 0.504. The van der Waals surface area contributed by atoms with Crippen molar-refractivity contribution in [1.82, 2.24) is 29.3 Å². The number of likely N-dealkylation sites (N-methyl/N-ethyl adjacent to an activating group) is 1. The molecular weight excluding hydrogens is 354 g/mol. The molecule has 0 aromatic carbocycles. The third kappa shape index (κ3) is 4.01. The number of rotatable bonds is 6. The summed E-state index contributed by atoms with van der Waals surface area (Å²) in [4.78, 5) is 33.0. The van der Waals surface area contributed by atoms with Crippen molar-refractivity contribution in [2.45, 2.75) is 39.8 Å². The van der Waals surface area contributed by atoms with Gasteiger partial charge in [0.15, 0.2) is 0 Å². The summed E-state index contributed by atoms with van der Waals surface area (Å²) in [5, 5.41) is 0. The Morgan fingerprint density at radius 3 is 2.61 bits per heavy atom. The Hall–Kier alpha value is -2.48. The minimum absolute atomic E-state index is 0.154. The van der Waals surface area contributed by atoms with Crippen LogP contribution in [-0.4, -0.2) is 75.0 Å². The van der Waals surface area contributed by atoms with Crippen molar-refractivity contribution >= 4 is 11.7 Å². The highest BCUT2D eigenvalue weighted by atomic mass is 16.2. The summed E-state index contributed by atoms with van der Waals surface area (Å²) >= 11 is 0. The van der Waals surface area contributed by atoms with E-state index in [-0.39, 0.29) is 11.7 Å². The van der Waals surface area contributed by atoms with Gasteiger partial charge in [0.1, 0.15) is 11.6 Å². The molecule has 2 aromatic heterocycles. The van der Waals surface area contributed by atoms with Gasteiger partial charge in [0.2, 0.25) is 5.82 Å². The molecule has 28 heavy (non-hydrogen) atoms. The molecule has 1 fully saturated rings. The lowest BCUT2D eigenvalue weighted by Gasteiger charge is -2.24. The highest BCUT2D eigenvalue weighted by Gasteiger charge is 2.28. The van der Waals surface area contributed by atoms with Crippen LogP contribution in [0.5, 0.6) is 0 Å². The lowest BCUT2D eigenvalue weighted by molar-refractivity contribution is 0.0734. The van der Waals surface area contributed by atoms with Crippen LogP contribution in [0.25, 0.3) is 0 Å². The van der Waals surface area contributed by atoms with Crippen LogP contribution in [-0.2, 0) is 13.6 Å². The first-order valence-corrected chi connectivity index (χ1v) is 9.83. The molecule has 0 saturated carbocycles. The number of aryl methyl sites for hydroxylation is 2. The van der Waals surface area contributed by atoms with E-state index in [0.717, 1.165) is 42.4 Å². The number of carbonyl (C=O) groups is 1. The fourth-order valence-corrected chi connectivity index (χ4v) is 3.56. The zero-order valence-corrected chi connectivity index (χ0v) is 17.8. The molecule has 0 unspecified atom stereocenters. The van der Waals surface area contributed by atoms with Gasteiger partial charge in [-0.15, -0.1) is 0 Å². The van der Waals surface area contributed by atoms with E-state index in [0.29, 0.717) is 19.1 Å². The molecule has 1 amide bonds. The van der Waals surface area contributed by atoms with Crippen molar-refractivity contribution < 1.29 is 4.79 Å². The summed E-state index contributed by atoms with van der Waals surface area (Å²) in [5.41, 5.74) is 1.90. The van der Waals surface area contributed by atoms with E-state index in [1.54, 1.807) is 11.1 Å². The van der Waals surface area contributed by atoms with Crippen LogP contribution >= 0.6 is 0 Å². The quantitative estimate of drug-likeness (QED) is 0.753. The van der Waals surface area contributed by atoms with Crippen LogP contribution < -0.4 is 4.90 Å². The highest BCUT2D eigenvalue weighted by Crippen LogP contribution is 2.25. The summed E-state index contributed by atoms with van der Waals surface area (Å²) in [6.45, 7) is 8.83. The molecule has 2 aromatic rings. The SMILES string of the molecule is CCN(Cc1nccn1C)C(=O)c1nc(C)c(C)c(N2CC[C@@H](N(C)C)C2)n1. The number of nitrogens with zero attached hydrogens (tertiary/aromatic N) is 7. The van der Waals surface area contributed by atoms with Gasteiger partial charge in [-0.05, 0) is 41.3 Å². The van der Waals surface area contributed by atoms with E-state index in [1.807, 2.05) is 38.6 Å².